The molecule has 1 aliphatic rings. The summed E-state index contributed by atoms with van der Waals surface area (Å²) in [6.07, 6.45) is -4.28. The van der Waals surface area contributed by atoms with Crippen molar-refractivity contribution < 1.29 is 27.2 Å². The quantitative estimate of drug-likeness (QED) is 0.342. The smallest absolute Gasteiger partial charge is 0.368 e. The van der Waals surface area contributed by atoms with Crippen molar-refractivity contribution in [1.82, 2.24) is 9.88 Å². The number of thioether (sulfide) groups is 1. The fourth-order valence-corrected chi connectivity index (χ4v) is 5.30. The summed E-state index contributed by atoms with van der Waals surface area (Å²) in [6.45, 7) is 1.69. The zero-order chi connectivity index (χ0) is 25.7. The van der Waals surface area contributed by atoms with Gasteiger partial charge in [-0.15, -0.1) is 11.3 Å². The van der Waals surface area contributed by atoms with Crippen LogP contribution in [0.3, 0.4) is 0 Å². The van der Waals surface area contributed by atoms with E-state index in [1.807, 2.05) is 4.90 Å². The van der Waals surface area contributed by atoms with Crippen LogP contribution in [-0.4, -0.2) is 53.6 Å². The van der Waals surface area contributed by atoms with Gasteiger partial charge in [-0.25, -0.2) is 9.37 Å². The fraction of sp³-hybridized carbons (Fsp3) is 0.292. The molecular formula is C24H22F4N4O2S2. The van der Waals surface area contributed by atoms with Crippen molar-refractivity contribution in [2.75, 3.05) is 42.1 Å². The van der Waals surface area contributed by atoms with E-state index in [1.54, 1.807) is 16.3 Å². The number of benzene rings is 2. The Morgan fingerprint density at radius 3 is 2.47 bits per heavy atom. The second kappa shape index (κ2) is 11.3. The number of nitrogens with one attached hydrogen (secondary N) is 1. The molecule has 0 spiro atoms. The maximum absolute atomic E-state index is 13.0. The molecule has 190 valence electrons. The Hall–Kier alpha value is -3.12. The summed E-state index contributed by atoms with van der Waals surface area (Å²) >= 11 is 2.59. The van der Waals surface area contributed by atoms with Gasteiger partial charge in [-0.2, -0.15) is 13.2 Å². The van der Waals surface area contributed by atoms with E-state index < -0.39 is 11.7 Å². The van der Waals surface area contributed by atoms with Crippen LogP contribution < -0.4 is 10.2 Å². The highest BCUT2D eigenvalue weighted by Crippen LogP contribution is 2.32. The molecule has 36 heavy (non-hydrogen) atoms. The SMILES string of the molecule is O=C(CSc1nc(CC(=O)N2CCN(c3cccc(C(F)(F)F)c3)CC2)cs1)Nc1ccc(F)cc1. The first-order chi connectivity index (χ1) is 17.2. The third kappa shape index (κ3) is 6.97. The summed E-state index contributed by atoms with van der Waals surface area (Å²) < 4.78 is 52.6. The Morgan fingerprint density at radius 1 is 1.06 bits per heavy atom. The van der Waals surface area contributed by atoms with E-state index in [2.05, 4.69) is 10.3 Å². The molecule has 0 atom stereocenters. The first kappa shape index (κ1) is 26.0. The highest BCUT2D eigenvalue weighted by Gasteiger charge is 2.31. The van der Waals surface area contributed by atoms with Crippen LogP contribution in [0.15, 0.2) is 58.3 Å². The predicted molar refractivity (Wildman–Crippen MR) is 132 cm³/mol. The zero-order valence-corrected chi connectivity index (χ0v) is 20.6. The van der Waals surface area contributed by atoms with Gasteiger partial charge in [0.15, 0.2) is 4.34 Å². The molecule has 6 nitrogen and oxygen atoms in total. The average molecular weight is 539 g/mol. The van der Waals surface area contributed by atoms with Gasteiger partial charge in [-0.05, 0) is 42.5 Å². The van der Waals surface area contributed by atoms with Crippen LogP contribution >= 0.6 is 23.1 Å². The number of hydrogen-bond donors (Lipinski definition) is 1. The standard InChI is InChI=1S/C24H22F4N4O2S2/c25-17-4-6-18(7-5-17)29-21(33)15-36-23-30-19(14-35-23)13-22(34)32-10-8-31(9-11-32)20-3-1-2-16(12-20)24(26,27)28/h1-7,12,14H,8-11,13,15H2,(H,29,33). The molecule has 1 N–H and O–H groups in total. The van der Waals surface area contributed by atoms with Crippen molar-refractivity contribution in [2.45, 2.75) is 16.9 Å². The van der Waals surface area contributed by atoms with E-state index in [0.717, 1.165) is 12.1 Å². The summed E-state index contributed by atoms with van der Waals surface area (Å²) in [5.41, 5.74) is 0.900. The van der Waals surface area contributed by atoms with Crippen molar-refractivity contribution >= 4 is 46.3 Å². The Bertz CT molecular complexity index is 1210. The zero-order valence-electron chi connectivity index (χ0n) is 18.9. The topological polar surface area (TPSA) is 65.5 Å². The molecular weight excluding hydrogens is 516 g/mol. The fourth-order valence-electron chi connectivity index (χ4n) is 3.65. The summed E-state index contributed by atoms with van der Waals surface area (Å²) in [5, 5.41) is 4.45. The van der Waals surface area contributed by atoms with Gasteiger partial charge in [0.25, 0.3) is 0 Å². The van der Waals surface area contributed by atoms with Gasteiger partial charge in [-0.1, -0.05) is 17.8 Å². The van der Waals surface area contributed by atoms with E-state index in [1.165, 1.54) is 53.4 Å². The molecule has 1 saturated heterocycles. The Morgan fingerprint density at radius 2 is 1.78 bits per heavy atom. The number of aromatic nitrogens is 1. The van der Waals surface area contributed by atoms with Gasteiger partial charge in [0.2, 0.25) is 11.8 Å². The van der Waals surface area contributed by atoms with Gasteiger partial charge in [0.1, 0.15) is 5.82 Å². The average Bonchev–Trinajstić information content (AvgIpc) is 3.31. The lowest BCUT2D eigenvalue weighted by Crippen LogP contribution is -2.49. The van der Waals surface area contributed by atoms with E-state index in [0.29, 0.717) is 47.6 Å². The molecule has 1 fully saturated rings. The number of nitrogens with zero attached hydrogens (tertiary/aromatic N) is 3. The molecule has 0 unspecified atom stereocenters. The van der Waals surface area contributed by atoms with Crippen molar-refractivity contribution in [3.05, 3.63) is 71.0 Å². The summed E-state index contributed by atoms with van der Waals surface area (Å²) in [4.78, 5) is 32.8. The number of anilines is 2. The maximum atomic E-state index is 13.0. The second-order valence-electron chi connectivity index (χ2n) is 8.04. The number of carbonyl (C=O) groups excluding carboxylic acids is 2. The van der Waals surface area contributed by atoms with E-state index in [-0.39, 0.29) is 29.8 Å². The minimum absolute atomic E-state index is 0.102. The highest BCUT2D eigenvalue weighted by molar-refractivity contribution is 8.01. The number of carbonyl (C=O) groups is 2. The van der Waals surface area contributed by atoms with Crippen LogP contribution in [0.2, 0.25) is 0 Å². The first-order valence-electron chi connectivity index (χ1n) is 11.0. The summed E-state index contributed by atoms with van der Waals surface area (Å²) in [6, 6.07) is 10.7. The van der Waals surface area contributed by atoms with Crippen molar-refractivity contribution in [3.8, 4) is 0 Å². The predicted octanol–water partition coefficient (Wildman–Crippen LogP) is 4.92. The molecule has 0 aliphatic carbocycles. The lowest BCUT2D eigenvalue weighted by atomic mass is 10.1. The third-order valence-corrected chi connectivity index (χ3v) is 7.56. The first-order valence-corrected chi connectivity index (χ1v) is 12.9. The van der Waals surface area contributed by atoms with Crippen LogP contribution in [0, 0.1) is 5.82 Å². The van der Waals surface area contributed by atoms with Gasteiger partial charge in [0, 0.05) is 42.9 Å². The molecule has 3 aromatic rings. The van der Waals surface area contributed by atoms with Crippen LogP contribution in [-0.2, 0) is 22.2 Å². The minimum Gasteiger partial charge on any atom is -0.368 e. The lowest BCUT2D eigenvalue weighted by Gasteiger charge is -2.36. The molecule has 12 heteroatoms. The minimum atomic E-state index is -4.40. The number of alkyl halides is 3. The van der Waals surface area contributed by atoms with E-state index in [4.69, 9.17) is 0 Å². The Kier molecular flexibility index (Phi) is 8.14. The molecule has 0 saturated carbocycles. The number of halogens is 4. The van der Waals surface area contributed by atoms with Crippen LogP contribution in [0.25, 0.3) is 0 Å². The van der Waals surface area contributed by atoms with E-state index >= 15 is 0 Å². The van der Waals surface area contributed by atoms with Crippen molar-refractivity contribution in [1.29, 1.82) is 0 Å². The highest BCUT2D eigenvalue weighted by atomic mass is 32.2. The number of hydrogen-bond acceptors (Lipinski definition) is 6. The normalized spacial score (nSPS) is 14.1. The van der Waals surface area contributed by atoms with Crippen LogP contribution in [0.5, 0.6) is 0 Å². The number of piperazine rings is 1. The number of amides is 2. The molecule has 2 amide bonds. The molecule has 0 bridgehead atoms. The number of rotatable bonds is 7. The largest absolute Gasteiger partial charge is 0.416 e. The number of thiazole rings is 1. The van der Waals surface area contributed by atoms with Crippen LogP contribution in [0.4, 0.5) is 28.9 Å². The van der Waals surface area contributed by atoms with Gasteiger partial charge < -0.3 is 15.1 Å². The molecule has 4 rings (SSSR count). The van der Waals surface area contributed by atoms with Crippen LogP contribution in [0.1, 0.15) is 11.3 Å². The monoisotopic (exact) mass is 538 g/mol. The Labute approximate surface area is 213 Å². The molecule has 2 aromatic carbocycles. The van der Waals surface area contributed by atoms with Gasteiger partial charge in [-0.3, -0.25) is 9.59 Å². The lowest BCUT2D eigenvalue weighted by molar-refractivity contribution is -0.137. The van der Waals surface area contributed by atoms with Gasteiger partial charge in [0.05, 0.1) is 23.4 Å². The maximum Gasteiger partial charge on any atom is 0.416 e. The van der Waals surface area contributed by atoms with Gasteiger partial charge >= 0.3 is 6.18 Å². The summed E-state index contributed by atoms with van der Waals surface area (Å²) in [7, 11) is 0. The Balaban J connectivity index is 1.23. The summed E-state index contributed by atoms with van der Waals surface area (Å²) in [5.74, 6) is -0.618. The molecule has 0 radical (unpaired) electrons. The molecule has 1 aromatic heterocycles. The third-order valence-electron chi connectivity index (χ3n) is 5.49. The molecule has 1 aliphatic heterocycles. The van der Waals surface area contributed by atoms with Crippen molar-refractivity contribution in [2.24, 2.45) is 0 Å². The second-order valence-corrected chi connectivity index (χ2v) is 10.1. The van der Waals surface area contributed by atoms with Crippen molar-refractivity contribution in [3.63, 3.8) is 0 Å². The van der Waals surface area contributed by atoms with E-state index in [9.17, 15) is 27.2 Å². The molecule has 2 heterocycles.